The Hall–Kier alpha value is -3.91. The van der Waals surface area contributed by atoms with Crippen LogP contribution in [0.3, 0.4) is 0 Å². The Kier molecular flexibility index (Phi) is 6.79. The zero-order valence-corrected chi connectivity index (χ0v) is 19.3. The summed E-state index contributed by atoms with van der Waals surface area (Å²) in [7, 11) is 1.62. The molecule has 0 unspecified atom stereocenters. The van der Waals surface area contributed by atoms with E-state index in [2.05, 4.69) is 9.97 Å². The number of carbonyl (C=O) groups is 1. The Balaban J connectivity index is 1.75. The lowest BCUT2D eigenvalue weighted by Gasteiger charge is -2.24. The van der Waals surface area contributed by atoms with E-state index in [1.807, 2.05) is 68.4 Å². The van der Waals surface area contributed by atoms with E-state index in [1.165, 1.54) is 6.33 Å². The van der Waals surface area contributed by atoms with Gasteiger partial charge >= 0.3 is 5.97 Å². The van der Waals surface area contributed by atoms with E-state index in [1.54, 1.807) is 7.11 Å². The van der Waals surface area contributed by atoms with E-state index in [9.17, 15) is 4.79 Å². The van der Waals surface area contributed by atoms with Gasteiger partial charge in [0.1, 0.15) is 29.8 Å². The van der Waals surface area contributed by atoms with Crippen LogP contribution in [0.5, 0.6) is 11.6 Å². The molecule has 0 saturated heterocycles. The number of hydrogen-bond acceptors (Lipinski definition) is 7. The zero-order chi connectivity index (χ0) is 24.1. The lowest BCUT2D eigenvalue weighted by molar-refractivity contribution is -0.143. The summed E-state index contributed by atoms with van der Waals surface area (Å²) < 4.78 is 22.9. The van der Waals surface area contributed by atoms with E-state index in [4.69, 9.17) is 23.7 Å². The lowest BCUT2D eigenvalue weighted by atomic mass is 9.96. The highest BCUT2D eigenvalue weighted by molar-refractivity contribution is 6.03. The number of rotatable bonds is 10. The number of nitrogens with zero attached hydrogens (tertiary/aromatic N) is 2. The highest BCUT2D eigenvalue weighted by atomic mass is 16.5. The Labute approximate surface area is 197 Å². The Morgan fingerprint density at radius 3 is 2.41 bits per heavy atom. The molecule has 176 valence electrons. The molecule has 0 amide bonds. The summed E-state index contributed by atoms with van der Waals surface area (Å²) >= 11 is 0. The van der Waals surface area contributed by atoms with Crippen LogP contribution in [0.15, 0.2) is 65.3 Å². The van der Waals surface area contributed by atoms with Crippen LogP contribution < -0.4 is 9.47 Å². The molecule has 0 aliphatic rings. The maximum atomic E-state index is 10.8. The van der Waals surface area contributed by atoms with Gasteiger partial charge in [-0.25, -0.2) is 14.8 Å². The molecule has 4 aromatic rings. The Morgan fingerprint density at radius 1 is 1.00 bits per heavy atom. The van der Waals surface area contributed by atoms with Crippen LogP contribution in [-0.4, -0.2) is 48.0 Å². The van der Waals surface area contributed by atoms with E-state index in [0.717, 1.165) is 22.4 Å². The summed E-state index contributed by atoms with van der Waals surface area (Å²) in [5.41, 5.74) is 2.59. The summed E-state index contributed by atoms with van der Waals surface area (Å²) in [6.45, 7) is 3.99. The number of aliphatic carboxylic acids is 1. The fraction of sp³-hybridized carbons (Fsp3) is 0.269. The van der Waals surface area contributed by atoms with Gasteiger partial charge in [0.15, 0.2) is 0 Å². The third-order valence-electron chi connectivity index (χ3n) is 5.19. The fourth-order valence-electron chi connectivity index (χ4n) is 3.56. The van der Waals surface area contributed by atoms with Crippen LogP contribution in [0.4, 0.5) is 0 Å². The van der Waals surface area contributed by atoms with E-state index in [-0.39, 0.29) is 19.8 Å². The van der Waals surface area contributed by atoms with Gasteiger partial charge in [-0.1, -0.05) is 56.3 Å². The quantitative estimate of drug-likeness (QED) is 0.348. The number of hydrogen-bond donors (Lipinski definition) is 1. The molecule has 2 aromatic heterocycles. The van der Waals surface area contributed by atoms with Crippen LogP contribution >= 0.6 is 0 Å². The Bertz CT molecular complexity index is 1270. The predicted molar refractivity (Wildman–Crippen MR) is 127 cm³/mol. The van der Waals surface area contributed by atoms with Gasteiger partial charge < -0.3 is 23.7 Å². The third-order valence-corrected chi connectivity index (χ3v) is 5.19. The molecular formula is C26H26N2O6. The second-order valence-electron chi connectivity index (χ2n) is 8.60. The van der Waals surface area contributed by atoms with Crippen LogP contribution in [0.25, 0.3) is 33.6 Å². The van der Waals surface area contributed by atoms with Gasteiger partial charge in [-0.3, -0.25) is 0 Å². The molecule has 0 radical (unpaired) electrons. The van der Waals surface area contributed by atoms with E-state index in [0.29, 0.717) is 22.7 Å². The van der Waals surface area contributed by atoms with Crippen molar-refractivity contribution >= 4 is 17.1 Å². The van der Waals surface area contributed by atoms with Crippen molar-refractivity contribution in [1.82, 2.24) is 9.97 Å². The van der Waals surface area contributed by atoms with Gasteiger partial charge in [0.25, 0.3) is 0 Å². The molecule has 0 aliphatic heterocycles. The molecule has 2 aromatic carbocycles. The molecule has 0 atom stereocenters. The molecule has 0 aliphatic carbocycles. The van der Waals surface area contributed by atoms with Crippen molar-refractivity contribution in [1.29, 1.82) is 0 Å². The van der Waals surface area contributed by atoms with Crippen molar-refractivity contribution in [2.75, 3.05) is 26.9 Å². The topological polar surface area (TPSA) is 104 Å². The SMILES string of the molecule is COc1ccc(-c2c(-c3ccccc3)oc3ncnc(OCC(C)(C)COCC(=O)O)c23)cc1. The summed E-state index contributed by atoms with van der Waals surface area (Å²) in [5.74, 6) is 0.780. The second kappa shape index (κ2) is 9.93. The van der Waals surface area contributed by atoms with Crippen molar-refractivity contribution in [2.45, 2.75) is 13.8 Å². The molecular weight excluding hydrogens is 436 g/mol. The summed E-state index contributed by atoms with van der Waals surface area (Å²) in [6.07, 6.45) is 1.40. The molecule has 0 bridgehead atoms. The molecule has 0 spiro atoms. The molecule has 8 heteroatoms. The van der Waals surface area contributed by atoms with Gasteiger partial charge in [0, 0.05) is 16.5 Å². The van der Waals surface area contributed by atoms with Gasteiger partial charge in [-0.2, -0.15) is 0 Å². The van der Waals surface area contributed by atoms with Crippen LogP contribution in [-0.2, 0) is 9.53 Å². The van der Waals surface area contributed by atoms with Crippen LogP contribution in [0, 0.1) is 5.41 Å². The number of ether oxygens (including phenoxy) is 3. The number of fused-ring (bicyclic) bond motifs is 1. The van der Waals surface area contributed by atoms with E-state index < -0.39 is 11.4 Å². The van der Waals surface area contributed by atoms with Gasteiger partial charge in [0.05, 0.1) is 20.3 Å². The summed E-state index contributed by atoms with van der Waals surface area (Å²) in [5, 5.41) is 9.47. The average Bonchev–Trinajstić information content (AvgIpc) is 3.23. The highest BCUT2D eigenvalue weighted by Gasteiger charge is 2.25. The monoisotopic (exact) mass is 462 g/mol. The normalized spacial score (nSPS) is 11.5. The largest absolute Gasteiger partial charge is 0.497 e. The maximum absolute atomic E-state index is 10.8. The second-order valence-corrected chi connectivity index (χ2v) is 8.60. The lowest BCUT2D eigenvalue weighted by Crippen LogP contribution is -2.28. The molecule has 1 N–H and O–H groups in total. The first-order valence-electron chi connectivity index (χ1n) is 10.8. The van der Waals surface area contributed by atoms with Gasteiger partial charge in [0.2, 0.25) is 11.6 Å². The van der Waals surface area contributed by atoms with Crippen LogP contribution in [0.2, 0.25) is 0 Å². The molecule has 34 heavy (non-hydrogen) atoms. The smallest absolute Gasteiger partial charge is 0.329 e. The number of carboxylic acid groups (broad SMARTS) is 1. The zero-order valence-electron chi connectivity index (χ0n) is 19.3. The molecule has 2 heterocycles. The number of benzene rings is 2. The summed E-state index contributed by atoms with van der Waals surface area (Å²) in [6, 6.07) is 17.5. The molecule has 8 nitrogen and oxygen atoms in total. The van der Waals surface area contributed by atoms with E-state index >= 15 is 0 Å². The first-order valence-corrected chi connectivity index (χ1v) is 10.8. The van der Waals surface area contributed by atoms with Crippen LogP contribution in [0.1, 0.15) is 13.8 Å². The third kappa shape index (κ3) is 5.18. The molecule has 4 rings (SSSR count). The average molecular weight is 463 g/mol. The first-order chi connectivity index (χ1) is 16.4. The van der Waals surface area contributed by atoms with Crippen molar-refractivity contribution in [3.63, 3.8) is 0 Å². The van der Waals surface area contributed by atoms with Crippen molar-refractivity contribution in [2.24, 2.45) is 5.41 Å². The van der Waals surface area contributed by atoms with Crippen molar-refractivity contribution in [3.8, 4) is 34.1 Å². The fourth-order valence-corrected chi connectivity index (χ4v) is 3.56. The standard InChI is InChI=1S/C26H26N2O6/c1-26(2,14-32-13-20(29)30)15-33-24-22-21(17-9-11-19(31-3)12-10-17)23(18-7-5-4-6-8-18)34-25(22)28-16-27-24/h4-12,16H,13-15H2,1-3H3,(H,29,30). The number of methoxy groups -OCH3 is 1. The minimum Gasteiger partial charge on any atom is -0.497 e. The Morgan fingerprint density at radius 2 is 1.74 bits per heavy atom. The number of carboxylic acids is 1. The number of furan rings is 1. The van der Waals surface area contributed by atoms with Crippen molar-refractivity contribution in [3.05, 3.63) is 60.9 Å². The minimum absolute atomic E-state index is 0.222. The number of aromatic nitrogens is 2. The first kappa shape index (κ1) is 23.3. The van der Waals surface area contributed by atoms with Gasteiger partial charge in [-0.05, 0) is 17.7 Å². The highest BCUT2D eigenvalue weighted by Crippen LogP contribution is 2.43. The maximum Gasteiger partial charge on any atom is 0.329 e. The molecule has 0 saturated carbocycles. The molecule has 0 fully saturated rings. The van der Waals surface area contributed by atoms with Gasteiger partial charge in [-0.15, -0.1) is 0 Å². The minimum atomic E-state index is -1.01. The summed E-state index contributed by atoms with van der Waals surface area (Å²) in [4.78, 5) is 19.5. The van der Waals surface area contributed by atoms with Crippen molar-refractivity contribution < 1.29 is 28.5 Å². The predicted octanol–water partition coefficient (Wildman–Crippen LogP) is 5.07.